The van der Waals surface area contributed by atoms with Crippen LogP contribution < -0.4 is 5.32 Å². The van der Waals surface area contributed by atoms with Crippen molar-refractivity contribution in [1.82, 2.24) is 4.31 Å². The molecule has 1 aromatic carbocycles. The molecule has 4 rings (SSSR count). The lowest BCUT2D eigenvalue weighted by atomic mass is 9.88. The molecule has 2 aliphatic carbocycles. The molecule has 3 unspecified atom stereocenters. The molecule has 3 aliphatic rings. The van der Waals surface area contributed by atoms with Crippen LogP contribution in [0.3, 0.4) is 0 Å². The normalized spacial score (nSPS) is 29.0. The number of nitrogens with one attached hydrogen (secondary N) is 1. The molecule has 0 aromatic heterocycles. The molecule has 3 fully saturated rings. The van der Waals surface area contributed by atoms with Crippen LogP contribution in [0.15, 0.2) is 23.1 Å². The van der Waals surface area contributed by atoms with Crippen LogP contribution in [-0.4, -0.2) is 44.9 Å². The van der Waals surface area contributed by atoms with Gasteiger partial charge in [-0.3, -0.25) is 4.79 Å². The van der Waals surface area contributed by atoms with Gasteiger partial charge in [0.25, 0.3) is 0 Å². The number of amides is 1. The van der Waals surface area contributed by atoms with E-state index in [2.05, 4.69) is 5.32 Å². The third kappa shape index (κ3) is 3.28. The topological polar surface area (TPSA) is 75.7 Å². The maximum Gasteiger partial charge on any atom is 0.243 e. The molecule has 1 saturated heterocycles. The Hall–Kier alpha value is -1.44. The molecule has 2 bridgehead atoms. The lowest BCUT2D eigenvalue weighted by molar-refractivity contribution is -0.121. The smallest absolute Gasteiger partial charge is 0.243 e. The molecule has 1 N–H and O–H groups in total. The van der Waals surface area contributed by atoms with Crippen molar-refractivity contribution in [2.24, 2.45) is 17.8 Å². The molecular weight excluding hydrogens is 352 g/mol. The minimum absolute atomic E-state index is 0.0378. The summed E-state index contributed by atoms with van der Waals surface area (Å²) in [5, 5.41) is 2.96. The molecule has 1 aliphatic heterocycles. The fourth-order valence-corrected chi connectivity index (χ4v) is 6.34. The van der Waals surface area contributed by atoms with Gasteiger partial charge in [-0.2, -0.15) is 4.31 Å². The summed E-state index contributed by atoms with van der Waals surface area (Å²) in [5.74, 6) is 1.32. The number of carbonyl (C=O) groups is 1. The summed E-state index contributed by atoms with van der Waals surface area (Å²) in [6.07, 6.45) is 4.54. The Kier molecular flexibility index (Phi) is 4.79. The van der Waals surface area contributed by atoms with E-state index in [9.17, 15) is 13.2 Å². The molecule has 2 saturated carbocycles. The molecule has 1 amide bonds. The van der Waals surface area contributed by atoms with Gasteiger partial charge in [-0.25, -0.2) is 8.42 Å². The number of rotatable bonds is 4. The Balaban J connectivity index is 1.53. The SMILES string of the molecule is Cc1ccc(NC(=O)C2CC3CCC2C3)cc1S(=O)(=O)N1CCOCC1. The van der Waals surface area contributed by atoms with Crippen LogP contribution in [0.4, 0.5) is 5.69 Å². The zero-order chi connectivity index (χ0) is 18.3. The summed E-state index contributed by atoms with van der Waals surface area (Å²) in [6.45, 7) is 3.35. The Morgan fingerprint density at radius 1 is 1.19 bits per heavy atom. The van der Waals surface area contributed by atoms with Crippen molar-refractivity contribution in [2.45, 2.75) is 37.5 Å². The molecule has 1 aromatic rings. The van der Waals surface area contributed by atoms with Crippen molar-refractivity contribution in [3.8, 4) is 0 Å². The van der Waals surface area contributed by atoms with E-state index in [1.807, 2.05) is 0 Å². The number of nitrogens with zero attached hydrogens (tertiary/aromatic N) is 1. The summed E-state index contributed by atoms with van der Waals surface area (Å²) >= 11 is 0. The minimum atomic E-state index is -3.58. The van der Waals surface area contributed by atoms with E-state index in [-0.39, 0.29) is 16.7 Å². The molecule has 0 radical (unpaired) electrons. The minimum Gasteiger partial charge on any atom is -0.379 e. The number of hydrogen-bond acceptors (Lipinski definition) is 4. The highest BCUT2D eigenvalue weighted by Gasteiger charge is 2.43. The molecule has 26 heavy (non-hydrogen) atoms. The second kappa shape index (κ2) is 6.94. The molecular formula is C19H26N2O4S. The standard InChI is InChI=1S/C19H26N2O4S/c1-13-2-5-16(20-19(22)17-11-14-3-4-15(17)10-14)12-18(13)26(23,24)21-6-8-25-9-7-21/h2,5,12,14-15,17H,3-4,6-11H2,1H3,(H,20,22). The van der Waals surface area contributed by atoms with Crippen molar-refractivity contribution in [1.29, 1.82) is 0 Å². The van der Waals surface area contributed by atoms with Gasteiger partial charge in [0.05, 0.1) is 18.1 Å². The van der Waals surface area contributed by atoms with Crippen molar-refractivity contribution >= 4 is 21.6 Å². The van der Waals surface area contributed by atoms with Crippen LogP contribution in [0.25, 0.3) is 0 Å². The van der Waals surface area contributed by atoms with Crippen LogP contribution in [0.1, 0.15) is 31.2 Å². The quantitative estimate of drug-likeness (QED) is 0.873. The van der Waals surface area contributed by atoms with Gasteiger partial charge >= 0.3 is 0 Å². The van der Waals surface area contributed by atoms with Crippen LogP contribution >= 0.6 is 0 Å². The molecule has 3 atom stereocenters. The Morgan fingerprint density at radius 3 is 2.62 bits per heavy atom. The Bertz CT molecular complexity index is 802. The van der Waals surface area contributed by atoms with Gasteiger partial charge in [-0.05, 0) is 55.7 Å². The van der Waals surface area contributed by atoms with Gasteiger partial charge in [0, 0.05) is 24.7 Å². The average Bonchev–Trinajstić information content (AvgIpc) is 3.27. The van der Waals surface area contributed by atoms with Gasteiger partial charge < -0.3 is 10.1 Å². The summed E-state index contributed by atoms with van der Waals surface area (Å²) in [7, 11) is -3.58. The summed E-state index contributed by atoms with van der Waals surface area (Å²) in [6, 6.07) is 5.16. The number of carbonyl (C=O) groups excluding carboxylic acids is 1. The van der Waals surface area contributed by atoms with E-state index in [1.165, 1.54) is 17.1 Å². The highest BCUT2D eigenvalue weighted by atomic mass is 32.2. The predicted molar refractivity (Wildman–Crippen MR) is 98.3 cm³/mol. The lowest BCUT2D eigenvalue weighted by Crippen LogP contribution is -2.40. The maximum atomic E-state index is 13.0. The zero-order valence-electron chi connectivity index (χ0n) is 15.1. The van der Waals surface area contributed by atoms with Gasteiger partial charge in [-0.1, -0.05) is 12.5 Å². The first-order valence-corrected chi connectivity index (χ1v) is 10.9. The molecule has 142 valence electrons. The van der Waals surface area contributed by atoms with Gasteiger partial charge in [0.15, 0.2) is 0 Å². The summed E-state index contributed by atoms with van der Waals surface area (Å²) in [4.78, 5) is 12.9. The van der Waals surface area contributed by atoms with Crippen LogP contribution in [-0.2, 0) is 19.6 Å². The predicted octanol–water partition coefficient (Wildman–Crippen LogP) is 2.39. The number of morpholine rings is 1. The first-order valence-electron chi connectivity index (χ1n) is 9.44. The number of sulfonamides is 1. The molecule has 1 heterocycles. The van der Waals surface area contributed by atoms with Crippen LogP contribution in [0.2, 0.25) is 0 Å². The van der Waals surface area contributed by atoms with Gasteiger partial charge in [0.1, 0.15) is 0 Å². The number of ether oxygens (including phenoxy) is 1. The van der Waals surface area contributed by atoms with Crippen molar-refractivity contribution in [3.05, 3.63) is 23.8 Å². The van der Waals surface area contributed by atoms with Crippen molar-refractivity contribution in [3.63, 3.8) is 0 Å². The highest BCUT2D eigenvalue weighted by Crippen LogP contribution is 2.48. The Labute approximate surface area is 155 Å². The fourth-order valence-electron chi connectivity index (χ4n) is 4.68. The van der Waals surface area contributed by atoms with E-state index in [0.29, 0.717) is 49.4 Å². The third-order valence-electron chi connectivity index (χ3n) is 6.12. The van der Waals surface area contributed by atoms with Gasteiger partial charge in [-0.15, -0.1) is 0 Å². The number of benzene rings is 1. The second-order valence-corrected chi connectivity index (χ2v) is 9.67. The van der Waals surface area contributed by atoms with Gasteiger partial charge in [0.2, 0.25) is 15.9 Å². The van der Waals surface area contributed by atoms with Crippen LogP contribution in [0, 0.1) is 24.7 Å². The number of hydrogen-bond donors (Lipinski definition) is 1. The lowest BCUT2D eigenvalue weighted by Gasteiger charge is -2.27. The first-order chi connectivity index (χ1) is 12.4. The summed E-state index contributed by atoms with van der Waals surface area (Å²) < 4.78 is 32.6. The average molecular weight is 378 g/mol. The van der Waals surface area contributed by atoms with E-state index < -0.39 is 10.0 Å². The van der Waals surface area contributed by atoms with E-state index in [4.69, 9.17) is 4.74 Å². The number of fused-ring (bicyclic) bond motifs is 2. The van der Waals surface area contributed by atoms with E-state index in [1.54, 1.807) is 25.1 Å². The van der Waals surface area contributed by atoms with E-state index in [0.717, 1.165) is 12.8 Å². The zero-order valence-corrected chi connectivity index (χ0v) is 15.9. The van der Waals surface area contributed by atoms with E-state index >= 15 is 0 Å². The van der Waals surface area contributed by atoms with Crippen LogP contribution in [0.5, 0.6) is 0 Å². The number of anilines is 1. The monoisotopic (exact) mass is 378 g/mol. The second-order valence-electron chi connectivity index (χ2n) is 7.77. The molecule has 0 spiro atoms. The molecule has 7 heteroatoms. The highest BCUT2D eigenvalue weighted by molar-refractivity contribution is 7.89. The van der Waals surface area contributed by atoms with Crippen molar-refractivity contribution < 1.29 is 17.9 Å². The Morgan fingerprint density at radius 2 is 1.96 bits per heavy atom. The fraction of sp³-hybridized carbons (Fsp3) is 0.632. The maximum absolute atomic E-state index is 13.0. The molecule has 6 nitrogen and oxygen atoms in total. The van der Waals surface area contributed by atoms with Crippen molar-refractivity contribution in [2.75, 3.05) is 31.6 Å². The first kappa shape index (κ1) is 17.9. The third-order valence-corrected chi connectivity index (χ3v) is 8.16. The number of aryl methyl sites for hydroxylation is 1. The summed E-state index contributed by atoms with van der Waals surface area (Å²) in [5.41, 5.74) is 1.25. The largest absolute Gasteiger partial charge is 0.379 e.